The van der Waals surface area contributed by atoms with Crippen molar-refractivity contribution in [1.82, 2.24) is 0 Å². The molecule has 0 bridgehead atoms. The molecule has 0 amide bonds. The standard InChI is InChI=1S/C29H49N/c1-5-6-7-8-9-10-11-12-13-14-15-16-17-18-19-22-25-30-26(2)29(3,4)27-23-20-21-24-28(27)30/h20-21,23-24H,2,5-19,22,25H2,1,3-4H3. The van der Waals surface area contributed by atoms with Crippen LogP contribution in [0.25, 0.3) is 0 Å². The largest absolute Gasteiger partial charge is 0.345 e. The Bertz CT molecular complexity index is 600. The molecule has 0 saturated heterocycles. The molecule has 170 valence electrons. The zero-order valence-electron chi connectivity index (χ0n) is 20.5. The number of hydrogen-bond donors (Lipinski definition) is 0. The Morgan fingerprint density at radius 3 is 1.60 bits per heavy atom. The molecule has 2 rings (SSSR count). The number of unbranched alkanes of at least 4 members (excludes halogenated alkanes) is 15. The van der Waals surface area contributed by atoms with E-state index >= 15 is 0 Å². The molecular formula is C29H49N. The Kier molecular flexibility index (Phi) is 11.6. The Labute approximate surface area is 188 Å². The summed E-state index contributed by atoms with van der Waals surface area (Å²) >= 11 is 0. The van der Waals surface area contributed by atoms with Crippen molar-refractivity contribution in [1.29, 1.82) is 0 Å². The monoisotopic (exact) mass is 411 g/mol. The first kappa shape index (κ1) is 25.0. The lowest BCUT2D eigenvalue weighted by Gasteiger charge is -2.25. The van der Waals surface area contributed by atoms with Gasteiger partial charge in [0.15, 0.2) is 0 Å². The summed E-state index contributed by atoms with van der Waals surface area (Å²) in [5.41, 5.74) is 4.16. The van der Waals surface area contributed by atoms with Crippen LogP contribution in [-0.2, 0) is 5.41 Å². The van der Waals surface area contributed by atoms with Crippen LogP contribution in [0.1, 0.15) is 129 Å². The van der Waals surface area contributed by atoms with Gasteiger partial charge in [-0.05, 0) is 18.1 Å². The van der Waals surface area contributed by atoms with E-state index in [4.69, 9.17) is 0 Å². The third-order valence-electron chi connectivity index (χ3n) is 7.15. The van der Waals surface area contributed by atoms with Gasteiger partial charge >= 0.3 is 0 Å². The molecule has 0 spiro atoms. The molecule has 1 aliphatic rings. The van der Waals surface area contributed by atoms with Gasteiger partial charge in [0.1, 0.15) is 0 Å². The summed E-state index contributed by atoms with van der Waals surface area (Å²) in [6, 6.07) is 8.86. The predicted molar refractivity (Wildman–Crippen MR) is 135 cm³/mol. The second-order valence-electron chi connectivity index (χ2n) is 10.0. The van der Waals surface area contributed by atoms with Crippen molar-refractivity contribution in [3.8, 4) is 0 Å². The highest BCUT2D eigenvalue weighted by Crippen LogP contribution is 2.46. The van der Waals surface area contributed by atoms with E-state index in [1.165, 1.54) is 120 Å². The summed E-state index contributed by atoms with van der Waals surface area (Å²) in [5, 5.41) is 0. The van der Waals surface area contributed by atoms with Crippen molar-refractivity contribution in [3.63, 3.8) is 0 Å². The second-order valence-corrected chi connectivity index (χ2v) is 10.0. The molecule has 0 radical (unpaired) electrons. The van der Waals surface area contributed by atoms with Crippen molar-refractivity contribution >= 4 is 5.69 Å². The Balaban J connectivity index is 1.43. The van der Waals surface area contributed by atoms with E-state index in [2.05, 4.69) is 56.5 Å². The molecule has 1 heteroatoms. The van der Waals surface area contributed by atoms with Gasteiger partial charge in [0, 0.05) is 23.3 Å². The van der Waals surface area contributed by atoms with Crippen LogP contribution in [0.4, 0.5) is 5.69 Å². The fourth-order valence-corrected chi connectivity index (χ4v) is 4.95. The molecule has 0 aliphatic carbocycles. The lowest BCUT2D eigenvalue weighted by Crippen LogP contribution is -2.26. The number of rotatable bonds is 17. The smallest absolute Gasteiger partial charge is 0.0450 e. The average Bonchev–Trinajstić information content (AvgIpc) is 2.94. The van der Waals surface area contributed by atoms with Crippen molar-refractivity contribution in [2.24, 2.45) is 0 Å². The van der Waals surface area contributed by atoms with Crippen LogP contribution in [0, 0.1) is 0 Å². The van der Waals surface area contributed by atoms with Crippen LogP contribution in [0.5, 0.6) is 0 Å². The molecule has 0 saturated carbocycles. The van der Waals surface area contributed by atoms with Crippen LogP contribution in [0.3, 0.4) is 0 Å². The SMILES string of the molecule is C=C1N(CCCCCCCCCCCCCCCCCC)c2ccccc2C1(C)C. The molecule has 0 aromatic heterocycles. The first-order valence-electron chi connectivity index (χ1n) is 13.2. The molecule has 0 atom stereocenters. The minimum atomic E-state index is 0.0750. The molecule has 1 aliphatic heterocycles. The maximum atomic E-state index is 4.42. The molecule has 1 heterocycles. The number of anilines is 1. The zero-order valence-corrected chi connectivity index (χ0v) is 20.5. The highest BCUT2D eigenvalue weighted by atomic mass is 15.2. The van der Waals surface area contributed by atoms with Gasteiger partial charge in [-0.3, -0.25) is 0 Å². The quantitative estimate of drug-likeness (QED) is 0.231. The van der Waals surface area contributed by atoms with Gasteiger partial charge in [-0.25, -0.2) is 0 Å². The maximum absolute atomic E-state index is 4.42. The van der Waals surface area contributed by atoms with Crippen molar-refractivity contribution in [2.75, 3.05) is 11.4 Å². The minimum Gasteiger partial charge on any atom is -0.345 e. The van der Waals surface area contributed by atoms with E-state index in [-0.39, 0.29) is 5.41 Å². The first-order valence-corrected chi connectivity index (χ1v) is 13.2. The fourth-order valence-electron chi connectivity index (χ4n) is 4.95. The lowest BCUT2D eigenvalue weighted by molar-refractivity contribution is 0.529. The summed E-state index contributed by atoms with van der Waals surface area (Å²) < 4.78 is 0. The Morgan fingerprint density at radius 1 is 0.667 bits per heavy atom. The molecule has 1 nitrogen and oxygen atoms in total. The van der Waals surface area contributed by atoms with Crippen LogP contribution >= 0.6 is 0 Å². The third kappa shape index (κ3) is 7.78. The van der Waals surface area contributed by atoms with E-state index in [9.17, 15) is 0 Å². The summed E-state index contributed by atoms with van der Waals surface area (Å²) in [5.74, 6) is 0. The molecule has 0 N–H and O–H groups in total. The van der Waals surface area contributed by atoms with Gasteiger partial charge < -0.3 is 4.90 Å². The van der Waals surface area contributed by atoms with Gasteiger partial charge in [0.2, 0.25) is 0 Å². The summed E-state index contributed by atoms with van der Waals surface area (Å²) in [7, 11) is 0. The van der Waals surface area contributed by atoms with Gasteiger partial charge in [0.25, 0.3) is 0 Å². The second kappa shape index (κ2) is 13.9. The summed E-state index contributed by atoms with van der Waals surface area (Å²) in [4.78, 5) is 2.47. The fraction of sp³-hybridized carbons (Fsp3) is 0.724. The van der Waals surface area contributed by atoms with Crippen LogP contribution in [0.2, 0.25) is 0 Å². The van der Waals surface area contributed by atoms with Crippen LogP contribution in [-0.4, -0.2) is 6.54 Å². The van der Waals surface area contributed by atoms with E-state index in [1.807, 2.05) is 0 Å². The van der Waals surface area contributed by atoms with Crippen LogP contribution in [0.15, 0.2) is 36.5 Å². The van der Waals surface area contributed by atoms with Crippen molar-refractivity contribution in [2.45, 2.75) is 129 Å². The van der Waals surface area contributed by atoms with Gasteiger partial charge in [-0.15, -0.1) is 0 Å². The predicted octanol–water partition coefficient (Wildman–Crippen LogP) is 9.56. The summed E-state index contributed by atoms with van der Waals surface area (Å²) in [6.07, 6.45) is 22.8. The molecule has 1 aromatic carbocycles. The van der Waals surface area contributed by atoms with E-state index in [0.29, 0.717) is 0 Å². The number of benzene rings is 1. The first-order chi connectivity index (χ1) is 14.6. The molecule has 1 aromatic rings. The van der Waals surface area contributed by atoms with Gasteiger partial charge in [-0.1, -0.05) is 142 Å². The van der Waals surface area contributed by atoms with E-state index in [0.717, 1.165) is 6.54 Å². The molecule has 30 heavy (non-hydrogen) atoms. The van der Waals surface area contributed by atoms with Gasteiger partial charge in [-0.2, -0.15) is 0 Å². The number of para-hydroxylation sites is 1. The molecular weight excluding hydrogens is 362 g/mol. The zero-order chi connectivity index (χ0) is 21.7. The number of allylic oxidation sites excluding steroid dienone is 1. The maximum Gasteiger partial charge on any atom is 0.0450 e. The number of hydrogen-bond acceptors (Lipinski definition) is 1. The van der Waals surface area contributed by atoms with E-state index in [1.54, 1.807) is 0 Å². The molecule has 0 fully saturated rings. The number of nitrogens with zero attached hydrogens (tertiary/aromatic N) is 1. The topological polar surface area (TPSA) is 3.24 Å². The normalized spacial score (nSPS) is 15.0. The number of fused-ring (bicyclic) bond motifs is 1. The van der Waals surface area contributed by atoms with Gasteiger partial charge in [0.05, 0.1) is 0 Å². The average molecular weight is 412 g/mol. The lowest BCUT2D eigenvalue weighted by atomic mass is 9.84. The Hall–Kier alpha value is -1.24. The highest BCUT2D eigenvalue weighted by Gasteiger charge is 2.38. The third-order valence-corrected chi connectivity index (χ3v) is 7.15. The van der Waals surface area contributed by atoms with E-state index < -0.39 is 0 Å². The minimum absolute atomic E-state index is 0.0750. The van der Waals surface area contributed by atoms with Crippen molar-refractivity contribution in [3.05, 3.63) is 42.1 Å². The van der Waals surface area contributed by atoms with Crippen LogP contribution < -0.4 is 4.90 Å². The Morgan fingerprint density at radius 2 is 1.10 bits per heavy atom. The summed E-state index contributed by atoms with van der Waals surface area (Å²) in [6.45, 7) is 12.5. The molecule has 0 unspecified atom stereocenters. The van der Waals surface area contributed by atoms with Crippen molar-refractivity contribution < 1.29 is 0 Å². The highest BCUT2D eigenvalue weighted by molar-refractivity contribution is 5.69.